The molecule has 2 N–H and O–H groups in total. The van der Waals surface area contributed by atoms with Crippen LogP contribution in [0.2, 0.25) is 0 Å². The predicted molar refractivity (Wildman–Crippen MR) is 111 cm³/mol. The van der Waals surface area contributed by atoms with Crippen molar-refractivity contribution in [3.8, 4) is 0 Å². The first-order chi connectivity index (χ1) is 13.4. The van der Waals surface area contributed by atoms with E-state index < -0.39 is 0 Å². The third kappa shape index (κ3) is 5.19. The molecule has 1 aliphatic carbocycles. The van der Waals surface area contributed by atoms with Gasteiger partial charge in [0.2, 0.25) is 5.91 Å². The Labute approximate surface area is 165 Å². The number of carbonyl (C=O) groups is 2. The van der Waals surface area contributed by atoms with Crippen LogP contribution in [-0.4, -0.2) is 24.1 Å². The van der Waals surface area contributed by atoms with Gasteiger partial charge in [-0.3, -0.25) is 9.59 Å². The molecule has 0 atom stereocenters. The molecule has 146 valence electrons. The molecule has 0 radical (unpaired) electrons. The fourth-order valence-electron chi connectivity index (χ4n) is 2.81. The van der Waals surface area contributed by atoms with E-state index in [1.165, 1.54) is 0 Å². The molecule has 28 heavy (non-hydrogen) atoms. The molecule has 0 saturated heterocycles. The van der Waals surface area contributed by atoms with Gasteiger partial charge in [0.05, 0.1) is 5.71 Å². The number of aryl methyl sites for hydroxylation is 2. The van der Waals surface area contributed by atoms with Gasteiger partial charge in [0.1, 0.15) is 0 Å². The van der Waals surface area contributed by atoms with Crippen LogP contribution in [0, 0.1) is 19.8 Å². The van der Waals surface area contributed by atoms with Crippen LogP contribution < -0.4 is 10.6 Å². The van der Waals surface area contributed by atoms with Crippen molar-refractivity contribution in [2.45, 2.75) is 33.6 Å². The number of nitrogens with zero attached hydrogens (tertiary/aromatic N) is 1. The highest BCUT2D eigenvalue weighted by Gasteiger charge is 2.29. The van der Waals surface area contributed by atoms with Crippen molar-refractivity contribution in [1.29, 1.82) is 0 Å². The van der Waals surface area contributed by atoms with Gasteiger partial charge in [-0.05, 0) is 62.4 Å². The highest BCUT2D eigenvalue weighted by Crippen LogP contribution is 2.30. The van der Waals surface area contributed by atoms with Crippen molar-refractivity contribution in [3.63, 3.8) is 0 Å². The van der Waals surface area contributed by atoms with Crippen LogP contribution in [0.4, 0.5) is 11.4 Å². The van der Waals surface area contributed by atoms with Gasteiger partial charge in [-0.15, -0.1) is 0 Å². The monoisotopic (exact) mass is 379 g/mol. The average molecular weight is 379 g/mol. The number of amides is 2. The summed E-state index contributed by atoms with van der Waals surface area (Å²) in [5, 5.41) is 9.77. The summed E-state index contributed by atoms with van der Waals surface area (Å²) in [6, 6.07) is 13.2. The summed E-state index contributed by atoms with van der Waals surface area (Å²) in [5.41, 5.74) is 5.09. The largest absolute Gasteiger partial charge is 0.385 e. The van der Waals surface area contributed by atoms with E-state index in [-0.39, 0.29) is 24.3 Å². The fourth-order valence-corrected chi connectivity index (χ4v) is 2.81. The van der Waals surface area contributed by atoms with E-state index in [2.05, 4.69) is 15.8 Å². The maximum absolute atomic E-state index is 12.1. The summed E-state index contributed by atoms with van der Waals surface area (Å²) in [7, 11) is 0. The third-order valence-corrected chi connectivity index (χ3v) is 4.66. The second kappa shape index (κ2) is 8.69. The highest BCUT2D eigenvalue weighted by molar-refractivity contribution is 5.99. The van der Waals surface area contributed by atoms with Crippen LogP contribution in [0.1, 0.15) is 36.5 Å². The summed E-state index contributed by atoms with van der Waals surface area (Å²) in [5.74, 6) is -0.00515. The molecule has 0 aliphatic heterocycles. The molecular weight excluding hydrogens is 354 g/mol. The van der Waals surface area contributed by atoms with Gasteiger partial charge in [0, 0.05) is 17.3 Å². The van der Waals surface area contributed by atoms with E-state index >= 15 is 0 Å². The number of carbonyl (C=O) groups excluding carboxylic acids is 2. The summed E-state index contributed by atoms with van der Waals surface area (Å²) in [4.78, 5) is 29.1. The number of rotatable bonds is 7. The quantitative estimate of drug-likeness (QED) is 0.563. The summed E-state index contributed by atoms with van der Waals surface area (Å²) >= 11 is 0. The van der Waals surface area contributed by atoms with E-state index in [4.69, 9.17) is 4.84 Å². The molecule has 0 heterocycles. The zero-order valence-corrected chi connectivity index (χ0v) is 16.4. The van der Waals surface area contributed by atoms with Gasteiger partial charge in [-0.25, -0.2) is 0 Å². The summed E-state index contributed by atoms with van der Waals surface area (Å²) in [6.07, 6.45) is 1.95. The van der Waals surface area contributed by atoms with Crippen molar-refractivity contribution >= 4 is 28.9 Å². The SMILES string of the molecule is C/C(=N\OCC(=O)Nc1c(C)cccc1C)c1ccc(NC(=O)C2CC2)cc1. The zero-order chi connectivity index (χ0) is 20.1. The Morgan fingerprint density at radius 3 is 2.29 bits per heavy atom. The summed E-state index contributed by atoms with van der Waals surface area (Å²) in [6.45, 7) is 5.53. The fraction of sp³-hybridized carbons (Fsp3) is 0.318. The lowest BCUT2D eigenvalue weighted by molar-refractivity contribution is -0.120. The molecule has 0 bridgehead atoms. The van der Waals surface area contributed by atoms with Crippen molar-refractivity contribution in [3.05, 3.63) is 59.2 Å². The van der Waals surface area contributed by atoms with Crippen molar-refractivity contribution in [1.82, 2.24) is 0 Å². The van der Waals surface area contributed by atoms with E-state index in [9.17, 15) is 9.59 Å². The van der Waals surface area contributed by atoms with E-state index in [1.807, 2.05) is 56.3 Å². The number of oxime groups is 1. The first-order valence-electron chi connectivity index (χ1n) is 9.38. The van der Waals surface area contributed by atoms with Crippen LogP contribution in [0.15, 0.2) is 47.6 Å². The average Bonchev–Trinajstić information content (AvgIpc) is 3.51. The Kier molecular flexibility index (Phi) is 6.09. The number of hydrogen-bond donors (Lipinski definition) is 2. The molecule has 0 spiro atoms. The Morgan fingerprint density at radius 1 is 1.04 bits per heavy atom. The Bertz CT molecular complexity index is 879. The molecule has 2 aromatic carbocycles. The van der Waals surface area contributed by atoms with Crippen molar-refractivity contribution in [2.24, 2.45) is 11.1 Å². The van der Waals surface area contributed by atoms with Gasteiger partial charge < -0.3 is 15.5 Å². The molecular formula is C22H25N3O3. The Morgan fingerprint density at radius 2 is 1.68 bits per heavy atom. The number of benzene rings is 2. The van der Waals surface area contributed by atoms with Crippen molar-refractivity contribution in [2.75, 3.05) is 17.2 Å². The normalized spacial score (nSPS) is 13.8. The standard InChI is InChI=1S/C22H25N3O3/c1-14-5-4-6-15(2)21(14)24-20(26)13-28-25-16(3)17-9-11-19(12-10-17)23-22(27)18-7-8-18/h4-6,9-12,18H,7-8,13H2,1-3H3,(H,23,27)(H,24,26)/b25-16+. The second-order valence-electron chi connectivity index (χ2n) is 7.11. The first kappa shape index (κ1) is 19.6. The lowest BCUT2D eigenvalue weighted by Crippen LogP contribution is -2.18. The Balaban J connectivity index is 1.51. The van der Waals surface area contributed by atoms with E-state index in [0.717, 1.165) is 40.9 Å². The molecule has 6 heteroatoms. The molecule has 1 aliphatic rings. The van der Waals surface area contributed by atoms with Gasteiger partial charge in [0.15, 0.2) is 6.61 Å². The second-order valence-corrected chi connectivity index (χ2v) is 7.11. The molecule has 2 aromatic rings. The lowest BCUT2D eigenvalue weighted by atomic mass is 10.1. The third-order valence-electron chi connectivity index (χ3n) is 4.66. The van der Waals surface area contributed by atoms with Crippen molar-refractivity contribution < 1.29 is 14.4 Å². The Hall–Kier alpha value is -3.15. The molecule has 6 nitrogen and oxygen atoms in total. The minimum absolute atomic E-state index is 0.0800. The maximum Gasteiger partial charge on any atom is 0.265 e. The van der Waals surface area contributed by atoms with Crippen LogP contribution in [0.25, 0.3) is 0 Å². The molecule has 0 unspecified atom stereocenters. The highest BCUT2D eigenvalue weighted by atomic mass is 16.6. The van der Waals surface area contributed by atoms with Crippen LogP contribution >= 0.6 is 0 Å². The molecule has 3 rings (SSSR count). The van der Waals surface area contributed by atoms with Gasteiger partial charge >= 0.3 is 0 Å². The van der Waals surface area contributed by atoms with E-state index in [1.54, 1.807) is 6.92 Å². The molecule has 0 aromatic heterocycles. The zero-order valence-electron chi connectivity index (χ0n) is 16.4. The first-order valence-corrected chi connectivity index (χ1v) is 9.38. The topological polar surface area (TPSA) is 79.8 Å². The molecule has 1 saturated carbocycles. The van der Waals surface area contributed by atoms with Gasteiger partial charge in [-0.2, -0.15) is 0 Å². The minimum atomic E-state index is -0.257. The predicted octanol–water partition coefficient (Wildman–Crippen LogP) is 4.03. The number of para-hydroxylation sites is 1. The van der Waals surface area contributed by atoms with Crippen LogP contribution in [0.5, 0.6) is 0 Å². The minimum Gasteiger partial charge on any atom is -0.385 e. The number of hydrogen-bond acceptors (Lipinski definition) is 4. The van der Waals surface area contributed by atoms with Crippen LogP contribution in [-0.2, 0) is 14.4 Å². The van der Waals surface area contributed by atoms with E-state index in [0.29, 0.717) is 5.71 Å². The molecule has 1 fully saturated rings. The molecule has 2 amide bonds. The summed E-state index contributed by atoms with van der Waals surface area (Å²) < 4.78 is 0. The smallest absolute Gasteiger partial charge is 0.265 e. The lowest BCUT2D eigenvalue weighted by Gasteiger charge is -2.11. The maximum atomic E-state index is 12.1. The number of anilines is 2. The van der Waals surface area contributed by atoms with Crippen LogP contribution in [0.3, 0.4) is 0 Å². The number of nitrogens with one attached hydrogen (secondary N) is 2. The van der Waals surface area contributed by atoms with Gasteiger partial charge in [-0.1, -0.05) is 35.5 Å². The van der Waals surface area contributed by atoms with Gasteiger partial charge in [0.25, 0.3) is 5.91 Å².